The minimum absolute atomic E-state index is 0.00942. The van der Waals surface area contributed by atoms with Crippen LogP contribution in [0.1, 0.15) is 24.1 Å². The van der Waals surface area contributed by atoms with Gasteiger partial charge in [-0.15, -0.1) is 0 Å². The van der Waals surface area contributed by atoms with Gasteiger partial charge >= 0.3 is 0 Å². The fraction of sp³-hybridized carbons (Fsp3) is 0.636. The lowest BCUT2D eigenvalue weighted by Crippen LogP contribution is -2.36. The van der Waals surface area contributed by atoms with Crippen molar-refractivity contribution in [3.05, 3.63) is 26.4 Å². The van der Waals surface area contributed by atoms with Gasteiger partial charge < -0.3 is 4.98 Å². The molecule has 0 bridgehead atoms. The van der Waals surface area contributed by atoms with Gasteiger partial charge in [-0.25, -0.2) is 0 Å². The largest absolute Gasteiger partial charge is 0.334 e. The van der Waals surface area contributed by atoms with Gasteiger partial charge in [-0.05, 0) is 37.4 Å². The second-order valence-electron chi connectivity index (χ2n) is 4.79. The molecule has 0 aromatic carbocycles. The van der Waals surface area contributed by atoms with E-state index in [0.717, 1.165) is 36.7 Å². The Kier molecular flexibility index (Phi) is 2.44. The average molecular weight is 237 g/mol. The number of nitrogens with one attached hydrogen (secondary N) is 2. The fourth-order valence-electron chi connectivity index (χ4n) is 2.35. The van der Waals surface area contributed by atoms with Crippen molar-refractivity contribution < 1.29 is 0 Å². The molecule has 0 radical (unpaired) electrons. The molecule has 5 heteroatoms. The molecule has 1 aromatic heterocycles. The van der Waals surface area contributed by atoms with Crippen LogP contribution in [0.25, 0.3) is 0 Å². The van der Waals surface area contributed by atoms with Gasteiger partial charge in [0.2, 0.25) is 0 Å². The molecule has 16 heavy (non-hydrogen) atoms. The number of H-pyrrole nitrogens is 2. The molecule has 0 spiro atoms. The zero-order valence-electron chi connectivity index (χ0n) is 9.08. The van der Waals surface area contributed by atoms with Crippen molar-refractivity contribution in [3.8, 4) is 0 Å². The molecule has 1 fully saturated rings. The van der Waals surface area contributed by atoms with Crippen LogP contribution in [0.15, 0.2) is 4.79 Å². The molecule has 2 heterocycles. The van der Waals surface area contributed by atoms with Crippen molar-refractivity contribution >= 4 is 12.2 Å². The summed E-state index contributed by atoms with van der Waals surface area (Å²) in [6, 6.07) is 0. The molecule has 0 unspecified atom stereocenters. The van der Waals surface area contributed by atoms with E-state index < -0.39 is 0 Å². The van der Waals surface area contributed by atoms with Crippen molar-refractivity contribution in [3.63, 3.8) is 0 Å². The van der Waals surface area contributed by atoms with Gasteiger partial charge in [0.15, 0.2) is 4.77 Å². The van der Waals surface area contributed by atoms with Gasteiger partial charge in [-0.2, -0.15) is 0 Å². The minimum atomic E-state index is -0.00942. The van der Waals surface area contributed by atoms with Gasteiger partial charge in [0.05, 0.1) is 0 Å². The van der Waals surface area contributed by atoms with E-state index in [4.69, 9.17) is 12.2 Å². The van der Waals surface area contributed by atoms with E-state index in [1.165, 1.54) is 19.4 Å². The molecule has 0 saturated heterocycles. The van der Waals surface area contributed by atoms with Crippen LogP contribution in [-0.4, -0.2) is 28.0 Å². The highest BCUT2D eigenvalue weighted by molar-refractivity contribution is 7.71. The maximum absolute atomic E-state index is 11.7. The summed E-state index contributed by atoms with van der Waals surface area (Å²) in [5, 5.41) is 0. The van der Waals surface area contributed by atoms with Crippen LogP contribution in [0, 0.1) is 10.7 Å². The van der Waals surface area contributed by atoms with Crippen LogP contribution < -0.4 is 5.56 Å². The fourth-order valence-corrected chi connectivity index (χ4v) is 2.57. The van der Waals surface area contributed by atoms with Crippen LogP contribution in [-0.2, 0) is 13.0 Å². The summed E-state index contributed by atoms with van der Waals surface area (Å²) in [6.45, 7) is 3.02. The number of rotatable bonds is 2. The first-order chi connectivity index (χ1) is 7.72. The Bertz CT molecular complexity index is 515. The van der Waals surface area contributed by atoms with Crippen LogP contribution in [0.4, 0.5) is 0 Å². The molecule has 0 atom stereocenters. The summed E-state index contributed by atoms with van der Waals surface area (Å²) in [7, 11) is 0. The minimum Gasteiger partial charge on any atom is -0.334 e. The van der Waals surface area contributed by atoms with Crippen LogP contribution in [0.3, 0.4) is 0 Å². The Morgan fingerprint density at radius 2 is 2.19 bits per heavy atom. The highest BCUT2D eigenvalue weighted by Crippen LogP contribution is 2.30. The quantitative estimate of drug-likeness (QED) is 0.760. The lowest BCUT2D eigenvalue weighted by molar-refractivity contribution is 0.239. The van der Waals surface area contributed by atoms with Crippen molar-refractivity contribution in [1.29, 1.82) is 0 Å². The highest BCUT2D eigenvalue weighted by atomic mass is 32.1. The Morgan fingerprint density at radius 1 is 1.38 bits per heavy atom. The molecular formula is C11H15N3OS. The molecule has 1 aromatic rings. The van der Waals surface area contributed by atoms with Gasteiger partial charge in [0.1, 0.15) is 0 Å². The summed E-state index contributed by atoms with van der Waals surface area (Å²) >= 11 is 4.99. The molecule has 1 aliphatic carbocycles. The molecule has 2 aliphatic rings. The van der Waals surface area contributed by atoms with E-state index in [-0.39, 0.29) is 5.56 Å². The van der Waals surface area contributed by atoms with Crippen molar-refractivity contribution in [2.75, 3.05) is 13.1 Å². The third-order valence-corrected chi connectivity index (χ3v) is 3.61. The summed E-state index contributed by atoms with van der Waals surface area (Å²) in [6.07, 6.45) is 3.58. The molecule has 86 valence electrons. The zero-order valence-corrected chi connectivity index (χ0v) is 9.90. The summed E-state index contributed by atoms with van der Waals surface area (Å²) < 4.78 is 0.442. The van der Waals surface area contributed by atoms with Crippen molar-refractivity contribution in [2.24, 2.45) is 5.92 Å². The molecule has 2 N–H and O–H groups in total. The Hall–Kier alpha value is -0.940. The average Bonchev–Trinajstić information content (AvgIpc) is 3.00. The molecule has 3 rings (SSSR count). The second-order valence-corrected chi connectivity index (χ2v) is 5.20. The normalized spacial score (nSPS) is 20.8. The monoisotopic (exact) mass is 237 g/mol. The summed E-state index contributed by atoms with van der Waals surface area (Å²) in [5.74, 6) is 0.895. The first-order valence-electron chi connectivity index (χ1n) is 5.79. The maximum atomic E-state index is 11.7. The number of hydrogen-bond acceptors (Lipinski definition) is 3. The standard InChI is InChI=1S/C11H15N3OS/c15-10-8-3-4-14(5-7-1-2-7)6-9(8)12-11(16)13-10/h7H,1-6H2,(H2,12,13,15,16). The lowest BCUT2D eigenvalue weighted by Gasteiger charge is -2.27. The predicted molar refractivity (Wildman–Crippen MR) is 64.0 cm³/mol. The topological polar surface area (TPSA) is 51.9 Å². The number of nitrogens with zero attached hydrogens (tertiary/aromatic N) is 1. The molecule has 1 aliphatic heterocycles. The summed E-state index contributed by atoms with van der Waals surface area (Å²) in [4.78, 5) is 19.8. The first kappa shape index (κ1) is 10.2. The maximum Gasteiger partial charge on any atom is 0.255 e. The summed E-state index contributed by atoms with van der Waals surface area (Å²) in [5.41, 5.74) is 1.89. The van der Waals surface area contributed by atoms with E-state index in [0.29, 0.717) is 4.77 Å². The number of fused-ring (bicyclic) bond motifs is 1. The number of hydrogen-bond donors (Lipinski definition) is 2. The van der Waals surface area contributed by atoms with E-state index in [2.05, 4.69) is 14.9 Å². The van der Waals surface area contributed by atoms with Crippen molar-refractivity contribution in [1.82, 2.24) is 14.9 Å². The Labute approximate surface area is 98.7 Å². The second kappa shape index (κ2) is 3.82. The Morgan fingerprint density at radius 3 is 2.94 bits per heavy atom. The number of aromatic nitrogens is 2. The Balaban J connectivity index is 1.87. The smallest absolute Gasteiger partial charge is 0.255 e. The molecule has 4 nitrogen and oxygen atoms in total. The third kappa shape index (κ3) is 1.97. The van der Waals surface area contributed by atoms with E-state index >= 15 is 0 Å². The molecule has 1 saturated carbocycles. The third-order valence-electron chi connectivity index (χ3n) is 3.40. The van der Waals surface area contributed by atoms with Gasteiger partial charge in [0, 0.05) is 30.9 Å². The SMILES string of the molecule is O=c1[nH]c(=S)[nH]c2c1CCN(CC1CC1)C2. The van der Waals surface area contributed by atoms with Crippen molar-refractivity contribution in [2.45, 2.75) is 25.8 Å². The van der Waals surface area contributed by atoms with Gasteiger partial charge in [-0.3, -0.25) is 14.7 Å². The first-order valence-corrected chi connectivity index (χ1v) is 6.20. The van der Waals surface area contributed by atoms with E-state index in [1.807, 2.05) is 0 Å². The van der Waals surface area contributed by atoms with Gasteiger partial charge in [0.25, 0.3) is 5.56 Å². The molecular weight excluding hydrogens is 222 g/mol. The van der Waals surface area contributed by atoms with Gasteiger partial charge in [-0.1, -0.05) is 0 Å². The van der Waals surface area contributed by atoms with Crippen LogP contribution in [0.5, 0.6) is 0 Å². The predicted octanol–water partition coefficient (Wildman–Crippen LogP) is 1.20. The van der Waals surface area contributed by atoms with Crippen LogP contribution >= 0.6 is 12.2 Å². The molecule has 0 amide bonds. The highest BCUT2D eigenvalue weighted by Gasteiger charge is 2.27. The number of aromatic amines is 2. The lowest BCUT2D eigenvalue weighted by atomic mass is 10.1. The van der Waals surface area contributed by atoms with E-state index in [9.17, 15) is 4.79 Å². The van der Waals surface area contributed by atoms with Crippen LogP contribution in [0.2, 0.25) is 0 Å². The zero-order chi connectivity index (χ0) is 11.1. The van der Waals surface area contributed by atoms with E-state index in [1.54, 1.807) is 0 Å².